The molecule has 0 fully saturated rings. The highest BCUT2D eigenvalue weighted by Gasteiger charge is 2.10. The van der Waals surface area contributed by atoms with Gasteiger partial charge in [0.15, 0.2) is 0 Å². The largest absolute Gasteiger partial charge is 0.380 e. The molecule has 0 aliphatic carbocycles. The molecule has 2 aromatic carbocycles. The molecule has 2 rings (SSSR count). The van der Waals surface area contributed by atoms with Crippen LogP contribution in [0.5, 0.6) is 0 Å². The minimum absolute atomic E-state index is 0.262. The van der Waals surface area contributed by atoms with E-state index in [-0.39, 0.29) is 6.04 Å². The van der Waals surface area contributed by atoms with Gasteiger partial charge in [0.25, 0.3) is 0 Å². The fourth-order valence-electron chi connectivity index (χ4n) is 2.21. The summed E-state index contributed by atoms with van der Waals surface area (Å²) in [6.45, 7) is 6.56. The lowest BCUT2D eigenvalue weighted by atomic mass is 10.0. The summed E-state index contributed by atoms with van der Waals surface area (Å²) in [6.07, 6.45) is 0. The molecule has 0 saturated carbocycles. The van der Waals surface area contributed by atoms with Crippen molar-refractivity contribution in [3.05, 3.63) is 46.4 Å². The van der Waals surface area contributed by atoms with E-state index in [1.165, 1.54) is 16.3 Å². The average Bonchev–Trinajstić information content (AvgIpc) is 2.43. The van der Waals surface area contributed by atoms with Crippen LogP contribution >= 0.6 is 15.9 Å². The van der Waals surface area contributed by atoms with Gasteiger partial charge in [0.2, 0.25) is 0 Å². The lowest BCUT2D eigenvalue weighted by molar-refractivity contribution is 0.123. The number of rotatable bonds is 6. The van der Waals surface area contributed by atoms with Crippen molar-refractivity contribution in [1.29, 1.82) is 0 Å². The summed E-state index contributed by atoms with van der Waals surface area (Å²) in [5.74, 6) is 0. The molecule has 0 radical (unpaired) electrons. The minimum atomic E-state index is 0.262. The molecule has 0 aromatic heterocycles. The average molecular weight is 322 g/mol. The molecule has 0 heterocycles. The second-order valence-electron chi connectivity index (χ2n) is 4.52. The topological polar surface area (TPSA) is 21.3 Å². The van der Waals surface area contributed by atoms with Crippen molar-refractivity contribution in [2.24, 2.45) is 0 Å². The van der Waals surface area contributed by atoms with E-state index in [1.807, 2.05) is 6.92 Å². The van der Waals surface area contributed by atoms with Crippen molar-refractivity contribution >= 4 is 26.7 Å². The number of likely N-dealkylation sites (N-methyl/N-ethyl adjacent to an activating group) is 1. The maximum atomic E-state index is 5.56. The molecule has 102 valence electrons. The first-order chi connectivity index (χ1) is 9.24. The van der Waals surface area contributed by atoms with Crippen LogP contribution in [0, 0.1) is 0 Å². The zero-order valence-corrected chi connectivity index (χ0v) is 13.0. The number of hydrogen-bond donors (Lipinski definition) is 1. The number of fused-ring (bicyclic) bond motifs is 1. The second kappa shape index (κ2) is 7.04. The van der Waals surface area contributed by atoms with Crippen molar-refractivity contribution in [3.8, 4) is 0 Å². The second-order valence-corrected chi connectivity index (χ2v) is 5.44. The molecule has 2 aromatic rings. The predicted molar refractivity (Wildman–Crippen MR) is 84.6 cm³/mol. The van der Waals surface area contributed by atoms with Crippen LogP contribution in [0.2, 0.25) is 0 Å². The Morgan fingerprint density at radius 2 is 1.84 bits per heavy atom. The third kappa shape index (κ3) is 3.78. The quantitative estimate of drug-likeness (QED) is 0.857. The molecule has 0 saturated heterocycles. The van der Waals surface area contributed by atoms with Crippen molar-refractivity contribution in [2.75, 3.05) is 19.8 Å². The van der Waals surface area contributed by atoms with Gasteiger partial charge in [0.05, 0.1) is 12.6 Å². The highest BCUT2D eigenvalue weighted by Crippen LogP contribution is 2.24. The van der Waals surface area contributed by atoms with Crippen LogP contribution in [0.25, 0.3) is 10.8 Å². The molecule has 19 heavy (non-hydrogen) atoms. The van der Waals surface area contributed by atoms with E-state index in [2.05, 4.69) is 64.6 Å². The van der Waals surface area contributed by atoms with Crippen LogP contribution in [0.1, 0.15) is 25.5 Å². The van der Waals surface area contributed by atoms with Gasteiger partial charge in [-0.2, -0.15) is 0 Å². The lowest BCUT2D eigenvalue weighted by Gasteiger charge is -2.18. The maximum absolute atomic E-state index is 5.56. The monoisotopic (exact) mass is 321 g/mol. The molecule has 1 unspecified atom stereocenters. The van der Waals surface area contributed by atoms with Gasteiger partial charge in [0, 0.05) is 11.1 Å². The molecule has 1 N–H and O–H groups in total. The summed E-state index contributed by atoms with van der Waals surface area (Å²) >= 11 is 3.51. The summed E-state index contributed by atoms with van der Waals surface area (Å²) in [5, 5.41) is 5.99. The smallest absolute Gasteiger partial charge is 0.0661 e. The Bertz CT molecular complexity index is 541. The summed E-state index contributed by atoms with van der Waals surface area (Å²) in [5.41, 5.74) is 1.28. The Morgan fingerprint density at radius 3 is 2.58 bits per heavy atom. The van der Waals surface area contributed by atoms with E-state index in [0.29, 0.717) is 6.61 Å². The van der Waals surface area contributed by atoms with E-state index in [9.17, 15) is 0 Å². The van der Waals surface area contributed by atoms with Gasteiger partial charge in [-0.3, -0.25) is 0 Å². The zero-order valence-electron chi connectivity index (χ0n) is 11.4. The molecular weight excluding hydrogens is 302 g/mol. The van der Waals surface area contributed by atoms with E-state index >= 15 is 0 Å². The maximum Gasteiger partial charge on any atom is 0.0661 e. The molecular formula is C16H20BrNO. The Balaban J connectivity index is 2.29. The molecule has 0 bridgehead atoms. The molecule has 0 aliphatic heterocycles. The normalized spacial score (nSPS) is 12.8. The Hall–Kier alpha value is -0.900. The third-order valence-corrected chi connectivity index (χ3v) is 3.66. The Kier molecular flexibility index (Phi) is 5.37. The number of halogens is 1. The number of hydrogen-bond acceptors (Lipinski definition) is 2. The molecule has 0 spiro atoms. The van der Waals surface area contributed by atoms with Gasteiger partial charge >= 0.3 is 0 Å². The van der Waals surface area contributed by atoms with Crippen LogP contribution in [0.4, 0.5) is 0 Å². The van der Waals surface area contributed by atoms with E-state index in [0.717, 1.165) is 17.6 Å². The van der Waals surface area contributed by atoms with Crippen LogP contribution in [0.15, 0.2) is 40.9 Å². The van der Waals surface area contributed by atoms with Gasteiger partial charge in [-0.05, 0) is 48.0 Å². The predicted octanol–water partition coefficient (Wildman–Crippen LogP) is 4.29. The fraction of sp³-hybridized carbons (Fsp3) is 0.375. The highest BCUT2D eigenvalue weighted by atomic mass is 79.9. The first kappa shape index (κ1) is 14.5. The van der Waals surface area contributed by atoms with Gasteiger partial charge in [-0.1, -0.05) is 41.1 Å². The van der Waals surface area contributed by atoms with Crippen molar-refractivity contribution in [3.63, 3.8) is 0 Å². The van der Waals surface area contributed by atoms with Crippen LogP contribution in [0.3, 0.4) is 0 Å². The fourth-order valence-corrected chi connectivity index (χ4v) is 2.59. The minimum Gasteiger partial charge on any atom is -0.380 e. The zero-order chi connectivity index (χ0) is 13.7. The summed E-state index contributed by atoms with van der Waals surface area (Å²) in [7, 11) is 0. The first-order valence-corrected chi connectivity index (χ1v) is 7.54. The molecule has 2 nitrogen and oxygen atoms in total. The lowest BCUT2D eigenvalue weighted by Crippen LogP contribution is -2.25. The molecule has 1 atom stereocenters. The Labute approximate surface area is 123 Å². The summed E-state index contributed by atoms with van der Waals surface area (Å²) in [4.78, 5) is 0. The van der Waals surface area contributed by atoms with E-state index < -0.39 is 0 Å². The van der Waals surface area contributed by atoms with Gasteiger partial charge in [0.1, 0.15) is 0 Å². The molecule has 0 aliphatic rings. The summed E-state index contributed by atoms with van der Waals surface area (Å²) < 4.78 is 6.68. The third-order valence-electron chi connectivity index (χ3n) is 3.17. The van der Waals surface area contributed by atoms with Gasteiger partial charge in [-0.25, -0.2) is 0 Å². The van der Waals surface area contributed by atoms with Crippen molar-refractivity contribution in [2.45, 2.75) is 19.9 Å². The van der Waals surface area contributed by atoms with Crippen LogP contribution in [-0.2, 0) is 4.74 Å². The van der Waals surface area contributed by atoms with Gasteiger partial charge in [-0.15, -0.1) is 0 Å². The van der Waals surface area contributed by atoms with Crippen molar-refractivity contribution < 1.29 is 4.74 Å². The standard InChI is InChI=1S/C16H20BrNO/c1-3-18-16(11-19-4-2)14-6-5-13-10-15(17)8-7-12(13)9-14/h5-10,16,18H,3-4,11H2,1-2H3. The van der Waals surface area contributed by atoms with Crippen LogP contribution in [-0.4, -0.2) is 19.8 Å². The Morgan fingerprint density at radius 1 is 1.11 bits per heavy atom. The number of nitrogens with one attached hydrogen (secondary N) is 1. The number of ether oxygens (including phenoxy) is 1. The molecule has 3 heteroatoms. The first-order valence-electron chi connectivity index (χ1n) is 6.75. The van der Waals surface area contributed by atoms with E-state index in [4.69, 9.17) is 4.74 Å². The van der Waals surface area contributed by atoms with E-state index in [1.54, 1.807) is 0 Å². The number of benzene rings is 2. The SMILES string of the molecule is CCNC(COCC)c1ccc2cc(Br)ccc2c1. The van der Waals surface area contributed by atoms with Crippen molar-refractivity contribution in [1.82, 2.24) is 5.32 Å². The van der Waals surface area contributed by atoms with Crippen LogP contribution < -0.4 is 5.32 Å². The highest BCUT2D eigenvalue weighted by molar-refractivity contribution is 9.10. The van der Waals surface area contributed by atoms with Gasteiger partial charge < -0.3 is 10.1 Å². The summed E-state index contributed by atoms with van der Waals surface area (Å²) in [6, 6.07) is 13.2. The molecule has 0 amide bonds.